The Morgan fingerprint density at radius 2 is 2.27 bits per heavy atom. The number of amides is 1. The van der Waals surface area contributed by atoms with Crippen molar-refractivity contribution in [3.05, 3.63) is 10.4 Å². The predicted octanol–water partition coefficient (Wildman–Crippen LogP) is -0.395. The second-order valence-electron chi connectivity index (χ2n) is 2.78. The molecular weight excluding hydrogens is 202 g/mol. The number of carboxylic acid groups (broad SMARTS) is 1. The molecule has 0 unspecified atom stereocenters. The molecule has 0 aliphatic heterocycles. The smallest absolute Gasteiger partial charge is 0.326 e. The summed E-state index contributed by atoms with van der Waals surface area (Å²) in [6.45, 7) is -0.0428. The Morgan fingerprint density at radius 3 is 2.73 bits per heavy atom. The van der Waals surface area contributed by atoms with Gasteiger partial charge in [-0.05, 0) is 24.9 Å². The van der Waals surface area contributed by atoms with Crippen molar-refractivity contribution in [1.82, 2.24) is 5.32 Å². The largest absolute Gasteiger partial charge is 0.480 e. The van der Waals surface area contributed by atoms with Crippen LogP contribution in [0.1, 0.15) is 12.8 Å². The van der Waals surface area contributed by atoms with Crippen LogP contribution in [0, 0.1) is 0 Å². The highest BCUT2D eigenvalue weighted by molar-refractivity contribution is 5.84. The van der Waals surface area contributed by atoms with Gasteiger partial charge in [-0.15, -0.1) is 0 Å². The van der Waals surface area contributed by atoms with Gasteiger partial charge < -0.3 is 16.2 Å². The van der Waals surface area contributed by atoms with Gasteiger partial charge >= 0.3 is 5.97 Å². The van der Waals surface area contributed by atoms with Crippen LogP contribution < -0.4 is 11.1 Å². The Labute approximate surface area is 86.1 Å². The van der Waals surface area contributed by atoms with Crippen molar-refractivity contribution < 1.29 is 14.7 Å². The SMILES string of the molecule is [N-]=[N+]=NCC(=O)N[C@@H](CCCN)C(=O)O. The Morgan fingerprint density at radius 1 is 1.60 bits per heavy atom. The van der Waals surface area contributed by atoms with Crippen molar-refractivity contribution >= 4 is 11.9 Å². The van der Waals surface area contributed by atoms with Crippen molar-refractivity contribution in [3.8, 4) is 0 Å². The third kappa shape index (κ3) is 6.30. The standard InChI is InChI=1S/C7H13N5O3/c8-3-1-2-5(7(14)15)11-6(13)4-10-12-9/h5H,1-4,8H2,(H,11,13)(H,14,15)/t5-/m0/s1. The van der Waals surface area contributed by atoms with Gasteiger partial charge in [0, 0.05) is 4.91 Å². The van der Waals surface area contributed by atoms with Gasteiger partial charge in [0.25, 0.3) is 0 Å². The Kier molecular flexibility index (Phi) is 6.69. The summed E-state index contributed by atoms with van der Waals surface area (Å²) in [5, 5.41) is 14.0. The van der Waals surface area contributed by atoms with E-state index in [1.54, 1.807) is 0 Å². The lowest BCUT2D eigenvalue weighted by molar-refractivity contribution is -0.141. The quantitative estimate of drug-likeness (QED) is 0.302. The summed E-state index contributed by atoms with van der Waals surface area (Å²) in [7, 11) is 0. The van der Waals surface area contributed by atoms with E-state index in [4.69, 9.17) is 16.4 Å². The monoisotopic (exact) mass is 215 g/mol. The van der Waals surface area contributed by atoms with E-state index < -0.39 is 24.5 Å². The molecule has 0 spiro atoms. The van der Waals surface area contributed by atoms with Crippen LogP contribution in [-0.2, 0) is 9.59 Å². The van der Waals surface area contributed by atoms with Crippen LogP contribution in [0.4, 0.5) is 0 Å². The number of rotatable bonds is 7. The first-order valence-electron chi connectivity index (χ1n) is 4.35. The molecule has 0 radical (unpaired) electrons. The summed E-state index contributed by atoms with van der Waals surface area (Å²) in [4.78, 5) is 24.1. The highest BCUT2D eigenvalue weighted by Crippen LogP contribution is 1.96. The Balaban J connectivity index is 4.09. The van der Waals surface area contributed by atoms with E-state index in [-0.39, 0.29) is 6.42 Å². The van der Waals surface area contributed by atoms with Crippen molar-refractivity contribution in [1.29, 1.82) is 0 Å². The molecule has 0 saturated carbocycles. The number of carboxylic acids is 1. The average Bonchev–Trinajstić information content (AvgIpc) is 2.20. The molecule has 0 rings (SSSR count). The van der Waals surface area contributed by atoms with Gasteiger partial charge in [0.2, 0.25) is 5.91 Å². The number of hydrogen-bond acceptors (Lipinski definition) is 4. The van der Waals surface area contributed by atoms with Crippen molar-refractivity contribution in [2.75, 3.05) is 13.1 Å². The molecule has 0 aromatic carbocycles. The molecule has 8 nitrogen and oxygen atoms in total. The molecule has 1 amide bonds. The highest BCUT2D eigenvalue weighted by Gasteiger charge is 2.18. The first-order chi connectivity index (χ1) is 7.11. The topological polar surface area (TPSA) is 141 Å². The maximum atomic E-state index is 11.0. The van der Waals surface area contributed by atoms with Gasteiger partial charge in [-0.25, -0.2) is 4.79 Å². The zero-order valence-corrected chi connectivity index (χ0v) is 8.09. The summed E-state index contributed by atoms with van der Waals surface area (Å²) in [5.74, 6) is -1.74. The fraction of sp³-hybridized carbons (Fsp3) is 0.714. The van der Waals surface area contributed by atoms with Crippen LogP contribution in [-0.4, -0.2) is 36.1 Å². The summed E-state index contributed by atoms with van der Waals surface area (Å²) in [5.41, 5.74) is 13.2. The van der Waals surface area contributed by atoms with E-state index in [0.717, 1.165) is 0 Å². The van der Waals surface area contributed by atoms with Gasteiger partial charge in [-0.1, -0.05) is 5.11 Å². The number of nitrogens with two attached hydrogens (primary N) is 1. The summed E-state index contributed by atoms with van der Waals surface area (Å²) < 4.78 is 0. The van der Waals surface area contributed by atoms with Crippen molar-refractivity contribution in [3.63, 3.8) is 0 Å². The van der Waals surface area contributed by atoms with Crippen LogP contribution in [0.5, 0.6) is 0 Å². The Hall–Kier alpha value is -1.79. The fourth-order valence-corrected chi connectivity index (χ4v) is 0.915. The molecule has 84 valence electrons. The normalized spacial score (nSPS) is 11.3. The number of aliphatic carboxylic acids is 1. The minimum absolute atomic E-state index is 0.258. The molecule has 0 aromatic rings. The highest BCUT2D eigenvalue weighted by atomic mass is 16.4. The predicted molar refractivity (Wildman–Crippen MR) is 51.9 cm³/mol. The number of carbonyl (C=O) groups excluding carboxylic acids is 1. The molecule has 0 saturated heterocycles. The lowest BCUT2D eigenvalue weighted by Gasteiger charge is -2.12. The van der Waals surface area contributed by atoms with Gasteiger partial charge in [-0.2, -0.15) is 0 Å². The molecule has 0 aliphatic rings. The van der Waals surface area contributed by atoms with Gasteiger partial charge in [0.15, 0.2) is 0 Å². The van der Waals surface area contributed by atoms with Crippen molar-refractivity contribution in [2.45, 2.75) is 18.9 Å². The molecule has 4 N–H and O–H groups in total. The summed E-state index contributed by atoms with van der Waals surface area (Å²) in [6.07, 6.45) is 0.757. The number of azide groups is 1. The molecule has 1 atom stereocenters. The second kappa shape index (κ2) is 7.60. The number of nitrogens with zero attached hydrogens (tertiary/aromatic N) is 3. The third-order valence-corrected chi connectivity index (χ3v) is 1.61. The lowest BCUT2D eigenvalue weighted by Crippen LogP contribution is -2.42. The van der Waals surface area contributed by atoms with E-state index in [1.165, 1.54) is 0 Å². The number of hydrogen-bond donors (Lipinski definition) is 3. The molecule has 0 fully saturated rings. The average molecular weight is 215 g/mol. The molecule has 0 bridgehead atoms. The molecule has 0 aliphatic carbocycles. The first-order valence-corrected chi connectivity index (χ1v) is 4.35. The van der Waals surface area contributed by atoms with Crippen LogP contribution >= 0.6 is 0 Å². The van der Waals surface area contributed by atoms with E-state index >= 15 is 0 Å². The Bertz CT molecular complexity index is 274. The second-order valence-corrected chi connectivity index (χ2v) is 2.78. The lowest BCUT2D eigenvalue weighted by atomic mass is 10.1. The summed E-state index contributed by atoms with van der Waals surface area (Å²) in [6, 6.07) is -0.977. The third-order valence-electron chi connectivity index (χ3n) is 1.61. The molecule has 8 heteroatoms. The minimum atomic E-state index is -1.13. The molecule has 0 aromatic heterocycles. The fourth-order valence-electron chi connectivity index (χ4n) is 0.915. The maximum Gasteiger partial charge on any atom is 0.326 e. The van der Waals surface area contributed by atoms with Gasteiger partial charge in [-0.3, -0.25) is 4.79 Å². The van der Waals surface area contributed by atoms with E-state index in [1.807, 2.05) is 0 Å². The zero-order chi connectivity index (χ0) is 11.7. The first kappa shape index (κ1) is 13.2. The minimum Gasteiger partial charge on any atom is -0.480 e. The number of carbonyl (C=O) groups is 2. The van der Waals surface area contributed by atoms with Crippen LogP contribution in [0.15, 0.2) is 5.11 Å². The maximum absolute atomic E-state index is 11.0. The number of nitrogens with one attached hydrogen (secondary N) is 1. The van der Waals surface area contributed by atoms with E-state index in [2.05, 4.69) is 15.3 Å². The van der Waals surface area contributed by atoms with E-state index in [0.29, 0.717) is 13.0 Å². The zero-order valence-electron chi connectivity index (χ0n) is 8.09. The van der Waals surface area contributed by atoms with Gasteiger partial charge in [0.05, 0.1) is 0 Å². The summed E-state index contributed by atoms with van der Waals surface area (Å²) >= 11 is 0. The molecular formula is C7H13N5O3. The van der Waals surface area contributed by atoms with E-state index in [9.17, 15) is 9.59 Å². The van der Waals surface area contributed by atoms with Crippen LogP contribution in [0.25, 0.3) is 10.4 Å². The van der Waals surface area contributed by atoms with Gasteiger partial charge in [0.1, 0.15) is 12.6 Å². The van der Waals surface area contributed by atoms with Crippen LogP contribution in [0.3, 0.4) is 0 Å². The molecule has 15 heavy (non-hydrogen) atoms. The van der Waals surface area contributed by atoms with Crippen LogP contribution in [0.2, 0.25) is 0 Å². The van der Waals surface area contributed by atoms with Crippen molar-refractivity contribution in [2.24, 2.45) is 10.8 Å². The molecule has 0 heterocycles.